The number of imidazole rings is 1. The minimum Gasteiger partial charge on any atom is -0.550 e. The molecule has 0 aliphatic carbocycles. The standard InChI is InChI=1S/C17H16N2O2S/c20-16(21)10-11-22-17-18-14-8-4-5-9-15(14)19(17)12-13-6-2-1-3-7-13/h1-9H,10-12H2,(H,20,21)/p-1. The third-order valence-electron chi connectivity index (χ3n) is 3.34. The van der Waals surface area contributed by atoms with Crippen molar-refractivity contribution in [3.8, 4) is 0 Å². The topological polar surface area (TPSA) is 57.9 Å². The lowest BCUT2D eigenvalue weighted by Gasteiger charge is -2.09. The SMILES string of the molecule is O=C([O-])CCSc1nc2ccccc2n1Cc1ccccc1. The first-order valence-electron chi connectivity index (χ1n) is 7.06. The van der Waals surface area contributed by atoms with Crippen molar-refractivity contribution in [1.82, 2.24) is 9.55 Å². The molecule has 0 bridgehead atoms. The molecule has 3 aromatic rings. The summed E-state index contributed by atoms with van der Waals surface area (Å²) in [6, 6.07) is 18.1. The maximum atomic E-state index is 10.6. The van der Waals surface area contributed by atoms with Crippen molar-refractivity contribution >= 4 is 28.8 Å². The fourth-order valence-electron chi connectivity index (χ4n) is 2.31. The van der Waals surface area contributed by atoms with E-state index < -0.39 is 5.97 Å². The first kappa shape index (κ1) is 14.7. The molecule has 0 spiro atoms. The summed E-state index contributed by atoms with van der Waals surface area (Å²) in [5, 5.41) is 11.4. The highest BCUT2D eigenvalue weighted by Gasteiger charge is 2.11. The van der Waals surface area contributed by atoms with Crippen molar-refractivity contribution in [3.05, 3.63) is 60.2 Å². The highest BCUT2D eigenvalue weighted by Crippen LogP contribution is 2.25. The molecular weight excluding hydrogens is 296 g/mol. The van der Waals surface area contributed by atoms with Crippen LogP contribution in [0.1, 0.15) is 12.0 Å². The van der Waals surface area contributed by atoms with Crippen molar-refractivity contribution in [2.24, 2.45) is 0 Å². The Labute approximate surface area is 132 Å². The van der Waals surface area contributed by atoms with Crippen LogP contribution >= 0.6 is 11.8 Å². The number of fused-ring (bicyclic) bond motifs is 1. The zero-order valence-corrected chi connectivity index (χ0v) is 12.8. The van der Waals surface area contributed by atoms with E-state index in [1.54, 1.807) is 0 Å². The number of thioether (sulfide) groups is 1. The Morgan fingerprint density at radius 1 is 1.09 bits per heavy atom. The predicted octanol–water partition coefficient (Wildman–Crippen LogP) is 2.32. The summed E-state index contributed by atoms with van der Waals surface area (Å²) in [5.41, 5.74) is 3.17. The van der Waals surface area contributed by atoms with Gasteiger partial charge in [-0.2, -0.15) is 0 Å². The Balaban J connectivity index is 1.92. The number of hydrogen-bond donors (Lipinski definition) is 0. The monoisotopic (exact) mass is 311 g/mol. The molecule has 0 amide bonds. The average molecular weight is 311 g/mol. The van der Waals surface area contributed by atoms with Gasteiger partial charge in [-0.3, -0.25) is 0 Å². The van der Waals surface area contributed by atoms with E-state index in [4.69, 9.17) is 0 Å². The number of carbonyl (C=O) groups is 1. The van der Waals surface area contributed by atoms with Gasteiger partial charge in [0.05, 0.1) is 17.6 Å². The van der Waals surface area contributed by atoms with Gasteiger partial charge in [-0.25, -0.2) is 4.98 Å². The number of para-hydroxylation sites is 2. The van der Waals surface area contributed by atoms with Gasteiger partial charge in [-0.1, -0.05) is 54.2 Å². The number of carbonyl (C=O) groups excluding carboxylic acids is 1. The summed E-state index contributed by atoms with van der Waals surface area (Å²) in [4.78, 5) is 15.2. The van der Waals surface area contributed by atoms with Gasteiger partial charge in [0.15, 0.2) is 5.16 Å². The lowest BCUT2D eigenvalue weighted by atomic mass is 10.2. The molecule has 22 heavy (non-hydrogen) atoms. The maximum Gasteiger partial charge on any atom is 0.169 e. The van der Waals surface area contributed by atoms with Gasteiger partial charge in [-0.15, -0.1) is 0 Å². The van der Waals surface area contributed by atoms with E-state index in [2.05, 4.69) is 21.7 Å². The van der Waals surface area contributed by atoms with Crippen LogP contribution in [0.2, 0.25) is 0 Å². The lowest BCUT2D eigenvalue weighted by molar-refractivity contribution is -0.305. The molecule has 2 aromatic carbocycles. The maximum absolute atomic E-state index is 10.6. The fraction of sp³-hybridized carbons (Fsp3) is 0.176. The van der Waals surface area contributed by atoms with Gasteiger partial charge in [-0.05, 0) is 24.1 Å². The van der Waals surface area contributed by atoms with Gasteiger partial charge >= 0.3 is 0 Å². The summed E-state index contributed by atoms with van der Waals surface area (Å²) in [5.74, 6) is -0.571. The van der Waals surface area contributed by atoms with Crippen LogP contribution in [-0.2, 0) is 11.3 Å². The van der Waals surface area contributed by atoms with Crippen molar-refractivity contribution in [2.45, 2.75) is 18.1 Å². The number of carboxylic acids is 1. The second-order valence-electron chi connectivity index (χ2n) is 4.93. The minimum atomic E-state index is -1.03. The zero-order valence-electron chi connectivity index (χ0n) is 11.9. The van der Waals surface area contributed by atoms with Crippen molar-refractivity contribution in [2.75, 3.05) is 5.75 Å². The normalized spacial score (nSPS) is 10.9. The van der Waals surface area contributed by atoms with Crippen LogP contribution in [0.3, 0.4) is 0 Å². The largest absolute Gasteiger partial charge is 0.550 e. The molecule has 112 valence electrons. The van der Waals surface area contributed by atoms with Crippen molar-refractivity contribution < 1.29 is 9.90 Å². The Hall–Kier alpha value is -2.27. The number of hydrogen-bond acceptors (Lipinski definition) is 4. The van der Waals surface area contributed by atoms with E-state index in [1.165, 1.54) is 17.3 Å². The van der Waals surface area contributed by atoms with Crippen LogP contribution in [0, 0.1) is 0 Å². The Bertz CT molecular complexity index is 784. The van der Waals surface area contributed by atoms with Crippen LogP contribution in [0.4, 0.5) is 0 Å². The Morgan fingerprint density at radius 3 is 2.59 bits per heavy atom. The summed E-state index contributed by atoms with van der Waals surface area (Å²) >= 11 is 1.45. The minimum absolute atomic E-state index is 0.0270. The van der Waals surface area contributed by atoms with Crippen LogP contribution in [-0.4, -0.2) is 21.3 Å². The summed E-state index contributed by atoms with van der Waals surface area (Å²) in [6.07, 6.45) is 0.0270. The molecule has 0 aliphatic heterocycles. The van der Waals surface area contributed by atoms with Crippen molar-refractivity contribution in [3.63, 3.8) is 0 Å². The molecule has 3 rings (SSSR count). The second-order valence-corrected chi connectivity index (χ2v) is 5.99. The van der Waals surface area contributed by atoms with Gasteiger partial charge in [0.25, 0.3) is 0 Å². The molecule has 5 heteroatoms. The molecule has 0 unspecified atom stereocenters. The highest BCUT2D eigenvalue weighted by molar-refractivity contribution is 7.99. The number of benzene rings is 2. The van der Waals surface area contributed by atoms with Crippen LogP contribution in [0.15, 0.2) is 59.8 Å². The van der Waals surface area contributed by atoms with E-state index in [0.717, 1.165) is 22.7 Å². The van der Waals surface area contributed by atoms with Gasteiger partial charge in [0.2, 0.25) is 0 Å². The summed E-state index contributed by atoms with van der Waals surface area (Å²) in [7, 11) is 0. The molecule has 4 nitrogen and oxygen atoms in total. The number of aromatic nitrogens is 2. The van der Waals surface area contributed by atoms with Gasteiger partial charge in [0.1, 0.15) is 0 Å². The summed E-state index contributed by atoms with van der Waals surface area (Å²) in [6.45, 7) is 0.717. The molecule has 0 radical (unpaired) electrons. The molecule has 0 aliphatic rings. The van der Waals surface area contributed by atoms with Gasteiger partial charge < -0.3 is 14.5 Å². The zero-order chi connectivity index (χ0) is 15.4. The van der Waals surface area contributed by atoms with E-state index in [1.807, 2.05) is 42.5 Å². The van der Waals surface area contributed by atoms with E-state index in [-0.39, 0.29) is 6.42 Å². The third-order valence-corrected chi connectivity index (χ3v) is 4.32. The van der Waals surface area contributed by atoms with E-state index >= 15 is 0 Å². The lowest BCUT2D eigenvalue weighted by Crippen LogP contribution is -2.22. The molecule has 0 saturated heterocycles. The number of rotatable bonds is 6. The highest BCUT2D eigenvalue weighted by atomic mass is 32.2. The molecular formula is C17H15N2O2S-. The molecule has 0 atom stereocenters. The first-order chi connectivity index (χ1) is 10.7. The second kappa shape index (κ2) is 6.66. The molecule has 0 N–H and O–H groups in total. The van der Waals surface area contributed by atoms with Gasteiger partial charge in [0, 0.05) is 11.7 Å². The quantitative estimate of drug-likeness (QED) is 0.656. The first-order valence-corrected chi connectivity index (χ1v) is 8.04. The molecule has 1 heterocycles. The molecule has 0 saturated carbocycles. The van der Waals surface area contributed by atoms with E-state index in [9.17, 15) is 9.90 Å². The number of carboxylic acid groups (broad SMARTS) is 1. The smallest absolute Gasteiger partial charge is 0.169 e. The average Bonchev–Trinajstić information content (AvgIpc) is 2.86. The van der Waals surface area contributed by atoms with Crippen LogP contribution in [0.5, 0.6) is 0 Å². The van der Waals surface area contributed by atoms with E-state index in [0.29, 0.717) is 5.75 Å². The Morgan fingerprint density at radius 2 is 1.82 bits per heavy atom. The fourth-order valence-corrected chi connectivity index (χ4v) is 3.24. The van der Waals surface area contributed by atoms with Crippen molar-refractivity contribution in [1.29, 1.82) is 0 Å². The number of aliphatic carboxylic acids is 1. The van der Waals surface area contributed by atoms with Crippen LogP contribution < -0.4 is 5.11 Å². The molecule has 1 aromatic heterocycles. The Kier molecular flexibility index (Phi) is 4.44. The third kappa shape index (κ3) is 3.31. The van der Waals surface area contributed by atoms with Crippen LogP contribution in [0.25, 0.3) is 11.0 Å². The number of nitrogens with zero attached hydrogens (tertiary/aromatic N) is 2. The predicted molar refractivity (Wildman–Crippen MR) is 85.6 cm³/mol. The molecule has 0 fully saturated rings. The summed E-state index contributed by atoms with van der Waals surface area (Å²) < 4.78 is 2.13.